The first-order valence-corrected chi connectivity index (χ1v) is 11.1. The van der Waals surface area contributed by atoms with Crippen molar-refractivity contribution in [3.8, 4) is 0 Å². The number of hydrogen-bond donors (Lipinski definition) is 4. The number of halogens is 2. The summed E-state index contributed by atoms with van der Waals surface area (Å²) < 4.78 is 34.6. The third kappa shape index (κ3) is 3.49. The quantitative estimate of drug-likeness (QED) is 0.404. The molecule has 7 nitrogen and oxygen atoms in total. The largest absolute Gasteiger partial charge is 0.374 e. The van der Waals surface area contributed by atoms with E-state index < -0.39 is 34.1 Å². The molecule has 0 spiro atoms. The van der Waals surface area contributed by atoms with Gasteiger partial charge in [-0.2, -0.15) is 0 Å². The number of nitrogens with one attached hydrogen (secondary N) is 4. The Labute approximate surface area is 191 Å². The van der Waals surface area contributed by atoms with Gasteiger partial charge in [0.1, 0.15) is 11.6 Å². The molecule has 176 valence electrons. The molecule has 2 saturated carbocycles. The number of amides is 2. The van der Waals surface area contributed by atoms with Crippen molar-refractivity contribution in [1.29, 1.82) is 16.2 Å². The van der Waals surface area contributed by atoms with Crippen LogP contribution < -0.4 is 5.32 Å². The summed E-state index contributed by atoms with van der Waals surface area (Å²) in [5.41, 5.74) is -0.843. The summed E-state index contributed by atoms with van der Waals surface area (Å²) in [5.74, 6) is -1.62. The lowest BCUT2D eigenvalue weighted by Crippen LogP contribution is -2.58. The van der Waals surface area contributed by atoms with Crippen LogP contribution in [-0.4, -0.2) is 54.0 Å². The number of rotatable bonds is 3. The average Bonchev–Trinajstić information content (AvgIpc) is 3.09. The molecule has 4 N–H and O–H groups in total. The van der Waals surface area contributed by atoms with Gasteiger partial charge in [0.2, 0.25) is 0 Å². The van der Waals surface area contributed by atoms with Crippen molar-refractivity contribution in [2.45, 2.75) is 39.7 Å². The number of ether oxygens (including phenoxy) is 1. The maximum Gasteiger partial charge on any atom is 0.322 e. The Morgan fingerprint density at radius 2 is 1.94 bits per heavy atom. The van der Waals surface area contributed by atoms with E-state index in [1.165, 1.54) is 19.1 Å². The molecule has 1 aromatic carbocycles. The molecule has 1 aliphatic heterocycles. The van der Waals surface area contributed by atoms with Crippen molar-refractivity contribution in [3.63, 3.8) is 0 Å². The van der Waals surface area contributed by atoms with Crippen LogP contribution in [0, 0.1) is 44.6 Å². The van der Waals surface area contributed by atoms with E-state index in [2.05, 4.69) is 19.2 Å². The number of morpholine rings is 1. The predicted octanol–water partition coefficient (Wildman–Crippen LogP) is 4.12. The Bertz CT molecular complexity index is 1060. The fourth-order valence-electron chi connectivity index (χ4n) is 6.05. The number of amidine groups is 1. The minimum absolute atomic E-state index is 0.0557. The highest BCUT2D eigenvalue weighted by molar-refractivity contribution is 6.15. The molecule has 2 bridgehead atoms. The van der Waals surface area contributed by atoms with Crippen LogP contribution in [0.1, 0.15) is 39.2 Å². The zero-order chi connectivity index (χ0) is 24.1. The van der Waals surface area contributed by atoms with E-state index in [4.69, 9.17) is 21.0 Å². The normalized spacial score (nSPS) is 29.4. The zero-order valence-electron chi connectivity index (χ0n) is 19.0. The molecule has 0 radical (unpaired) electrons. The topological polar surface area (TPSA) is 113 Å². The average molecular weight is 458 g/mol. The molecule has 2 amide bonds. The van der Waals surface area contributed by atoms with E-state index >= 15 is 0 Å². The van der Waals surface area contributed by atoms with Crippen molar-refractivity contribution >= 4 is 23.3 Å². The summed E-state index contributed by atoms with van der Waals surface area (Å²) in [6.07, 6.45) is 2.47. The van der Waals surface area contributed by atoms with Crippen LogP contribution in [0.15, 0.2) is 29.8 Å². The number of nitrogens with zero attached hydrogens (tertiary/aromatic N) is 1. The zero-order valence-corrected chi connectivity index (χ0v) is 19.0. The van der Waals surface area contributed by atoms with Crippen LogP contribution >= 0.6 is 0 Å². The van der Waals surface area contributed by atoms with Gasteiger partial charge in [0.25, 0.3) is 0 Å². The van der Waals surface area contributed by atoms with Crippen molar-refractivity contribution in [2.75, 3.05) is 19.7 Å². The summed E-state index contributed by atoms with van der Waals surface area (Å²) in [7, 11) is 0. The Kier molecular flexibility index (Phi) is 5.72. The second kappa shape index (κ2) is 8.13. The molecule has 0 aromatic heterocycles. The molecule has 4 rings (SSSR count). The van der Waals surface area contributed by atoms with E-state index in [1.807, 2.05) is 0 Å². The number of hydrogen-bond acceptors (Lipinski definition) is 5. The van der Waals surface area contributed by atoms with Gasteiger partial charge in [-0.25, -0.2) is 13.6 Å². The van der Waals surface area contributed by atoms with Crippen molar-refractivity contribution in [2.24, 2.45) is 16.7 Å². The summed E-state index contributed by atoms with van der Waals surface area (Å²) in [4.78, 5) is 14.1. The summed E-state index contributed by atoms with van der Waals surface area (Å²) in [6.45, 7) is 6.62. The second-order valence-corrected chi connectivity index (χ2v) is 9.63. The monoisotopic (exact) mass is 457 g/mol. The number of benzene rings is 1. The summed E-state index contributed by atoms with van der Waals surface area (Å²) in [6, 6.07) is 3.13. The lowest BCUT2D eigenvalue weighted by Gasteiger charge is -2.47. The van der Waals surface area contributed by atoms with E-state index in [9.17, 15) is 13.6 Å². The third-order valence-corrected chi connectivity index (χ3v) is 7.69. The SMILES string of the molecule is CC(=N)NC(=O)N1CCO[C@@H]([C@@]23CC[C@@H](/C(=C/C(=N)c4c(F)cccc4F)C2=N)C3(C)C)C1. The maximum absolute atomic E-state index is 14.2. The van der Waals surface area contributed by atoms with Gasteiger partial charge in [-0.05, 0) is 54.9 Å². The van der Waals surface area contributed by atoms with Gasteiger partial charge in [-0.3, -0.25) is 10.7 Å². The van der Waals surface area contributed by atoms with Gasteiger partial charge < -0.3 is 20.5 Å². The Balaban J connectivity index is 1.67. The highest BCUT2D eigenvalue weighted by Crippen LogP contribution is 2.68. The Morgan fingerprint density at radius 1 is 1.27 bits per heavy atom. The van der Waals surface area contributed by atoms with E-state index in [0.29, 0.717) is 30.9 Å². The van der Waals surface area contributed by atoms with E-state index in [1.54, 1.807) is 4.90 Å². The number of fused-ring (bicyclic) bond motifs is 2. The van der Waals surface area contributed by atoms with E-state index in [-0.39, 0.29) is 30.0 Å². The van der Waals surface area contributed by atoms with Crippen LogP contribution in [0.4, 0.5) is 13.6 Å². The Hall–Kier alpha value is -2.94. The Morgan fingerprint density at radius 3 is 2.58 bits per heavy atom. The van der Waals surface area contributed by atoms with Crippen LogP contribution in [0.25, 0.3) is 0 Å². The molecule has 3 atom stereocenters. The molecule has 1 aromatic rings. The summed E-state index contributed by atoms with van der Waals surface area (Å²) in [5, 5.41) is 27.5. The number of allylic oxidation sites excluding steroid dienone is 2. The molecule has 33 heavy (non-hydrogen) atoms. The molecule has 1 heterocycles. The fraction of sp³-hybridized carbons (Fsp3) is 0.500. The second-order valence-electron chi connectivity index (χ2n) is 9.63. The number of carbonyl (C=O) groups excluding carboxylic acids is 1. The highest BCUT2D eigenvalue weighted by atomic mass is 19.1. The van der Waals surface area contributed by atoms with Crippen molar-refractivity contribution < 1.29 is 18.3 Å². The van der Waals surface area contributed by atoms with Crippen molar-refractivity contribution in [1.82, 2.24) is 10.2 Å². The van der Waals surface area contributed by atoms with Gasteiger partial charge in [0.15, 0.2) is 0 Å². The van der Waals surface area contributed by atoms with Crippen molar-refractivity contribution in [3.05, 3.63) is 47.0 Å². The highest BCUT2D eigenvalue weighted by Gasteiger charge is 2.68. The van der Waals surface area contributed by atoms with E-state index in [0.717, 1.165) is 18.6 Å². The molecule has 0 unspecified atom stereocenters. The van der Waals surface area contributed by atoms with Crippen LogP contribution in [0.3, 0.4) is 0 Å². The van der Waals surface area contributed by atoms with Gasteiger partial charge in [0, 0.05) is 24.2 Å². The molecule has 1 saturated heterocycles. The first-order chi connectivity index (χ1) is 15.5. The van der Waals surface area contributed by atoms with Crippen LogP contribution in [0.2, 0.25) is 0 Å². The molecule has 3 fully saturated rings. The lowest BCUT2D eigenvalue weighted by atomic mass is 9.64. The minimum atomic E-state index is -0.806. The minimum Gasteiger partial charge on any atom is -0.374 e. The molecule has 3 aliphatic rings. The first-order valence-electron chi connectivity index (χ1n) is 11.1. The number of carbonyl (C=O) groups is 1. The standard InChI is InChI=1S/C24H29F2N5O2/c1-13(27)30-22(32)31-9-10-33-19(12-31)24-8-7-15(23(24,2)3)14(21(24)29)11-18(28)20-16(25)5-4-6-17(20)26/h4-6,11,15,19,28-29H,7-10,12H2,1-3H3,(H2,27,30,32)/b14-11-,28-18?,29-21?/t15-,19+,24-/m0/s1. The third-order valence-electron chi connectivity index (χ3n) is 7.69. The van der Waals surface area contributed by atoms with Gasteiger partial charge in [-0.1, -0.05) is 19.9 Å². The molecular formula is C24H29F2N5O2. The summed E-state index contributed by atoms with van der Waals surface area (Å²) >= 11 is 0. The molecular weight excluding hydrogens is 428 g/mol. The number of urea groups is 1. The molecule has 2 aliphatic carbocycles. The van der Waals surface area contributed by atoms with Crippen LogP contribution in [-0.2, 0) is 4.74 Å². The first kappa shape index (κ1) is 23.2. The maximum atomic E-state index is 14.2. The lowest BCUT2D eigenvalue weighted by molar-refractivity contribution is -0.0879. The fourth-order valence-corrected chi connectivity index (χ4v) is 6.05. The van der Waals surface area contributed by atoms with Gasteiger partial charge in [-0.15, -0.1) is 0 Å². The van der Waals surface area contributed by atoms with Crippen LogP contribution in [0.5, 0.6) is 0 Å². The van der Waals surface area contributed by atoms with Gasteiger partial charge >= 0.3 is 6.03 Å². The van der Waals surface area contributed by atoms with Gasteiger partial charge in [0.05, 0.1) is 29.8 Å². The predicted molar refractivity (Wildman–Crippen MR) is 121 cm³/mol. The smallest absolute Gasteiger partial charge is 0.322 e. The molecule has 9 heteroatoms.